The molecule has 0 unspecified atom stereocenters. The number of nitrogens with one attached hydrogen (secondary N) is 1. The predicted molar refractivity (Wildman–Crippen MR) is 138 cm³/mol. The average molecular weight is 509 g/mol. The van der Waals surface area contributed by atoms with Gasteiger partial charge in [-0.15, -0.1) is 5.10 Å². The number of aromatic amines is 1. The van der Waals surface area contributed by atoms with Crippen LogP contribution in [0.15, 0.2) is 23.0 Å². The molecule has 4 heterocycles. The van der Waals surface area contributed by atoms with Crippen LogP contribution in [0.5, 0.6) is 11.5 Å². The van der Waals surface area contributed by atoms with Crippen molar-refractivity contribution in [1.82, 2.24) is 30.1 Å². The SMILES string of the molecule is CCC[C@H](c1nnnn1C1CCCC1)N(Cc1cc2cc3c(cc2[nH]c1=O)OCCO3)C[C@@H]1CCCO1. The van der Waals surface area contributed by atoms with Crippen LogP contribution in [0.25, 0.3) is 10.9 Å². The summed E-state index contributed by atoms with van der Waals surface area (Å²) in [4.78, 5) is 18.7. The molecule has 37 heavy (non-hydrogen) atoms. The highest BCUT2D eigenvalue weighted by Crippen LogP contribution is 2.36. The smallest absolute Gasteiger partial charge is 0.252 e. The minimum Gasteiger partial charge on any atom is -0.486 e. The van der Waals surface area contributed by atoms with Crippen LogP contribution in [0.4, 0.5) is 0 Å². The lowest BCUT2D eigenvalue weighted by molar-refractivity contribution is 0.0471. The summed E-state index contributed by atoms with van der Waals surface area (Å²) >= 11 is 0. The Morgan fingerprint density at radius 3 is 2.65 bits per heavy atom. The minimum atomic E-state index is -0.0906. The third kappa shape index (κ3) is 5.09. The van der Waals surface area contributed by atoms with Crippen molar-refractivity contribution in [3.05, 3.63) is 39.9 Å². The molecule has 1 saturated carbocycles. The van der Waals surface area contributed by atoms with Crippen LogP contribution in [-0.2, 0) is 11.3 Å². The molecule has 1 saturated heterocycles. The van der Waals surface area contributed by atoms with Gasteiger partial charge < -0.3 is 19.2 Å². The maximum atomic E-state index is 13.3. The van der Waals surface area contributed by atoms with Crippen LogP contribution < -0.4 is 15.0 Å². The number of fused-ring (bicyclic) bond motifs is 2. The van der Waals surface area contributed by atoms with Crippen LogP contribution >= 0.6 is 0 Å². The van der Waals surface area contributed by atoms with E-state index in [-0.39, 0.29) is 17.7 Å². The molecule has 1 aromatic carbocycles. The highest BCUT2D eigenvalue weighted by molar-refractivity contribution is 5.83. The minimum absolute atomic E-state index is 0.000151. The number of pyridine rings is 1. The van der Waals surface area contributed by atoms with Gasteiger partial charge >= 0.3 is 0 Å². The van der Waals surface area contributed by atoms with Crippen LogP contribution in [0.1, 0.15) is 81.8 Å². The van der Waals surface area contributed by atoms with Gasteiger partial charge in [-0.1, -0.05) is 26.2 Å². The van der Waals surface area contributed by atoms with Crippen molar-refractivity contribution in [2.24, 2.45) is 0 Å². The van der Waals surface area contributed by atoms with E-state index in [0.29, 0.717) is 42.9 Å². The first-order valence-corrected chi connectivity index (χ1v) is 13.8. The molecule has 0 spiro atoms. The molecule has 2 aromatic heterocycles. The fourth-order valence-electron chi connectivity index (χ4n) is 6.05. The molecule has 6 rings (SSSR count). The Morgan fingerprint density at radius 1 is 1.08 bits per heavy atom. The summed E-state index contributed by atoms with van der Waals surface area (Å²) in [6.45, 7) is 5.24. The maximum absolute atomic E-state index is 13.3. The fourth-order valence-corrected chi connectivity index (χ4v) is 6.05. The number of nitrogens with zero attached hydrogens (tertiary/aromatic N) is 5. The molecular formula is C27H36N6O4. The number of benzene rings is 1. The molecule has 1 aliphatic carbocycles. The highest BCUT2D eigenvalue weighted by atomic mass is 16.6. The van der Waals surface area contributed by atoms with Crippen molar-refractivity contribution in [3.63, 3.8) is 0 Å². The second-order valence-electron chi connectivity index (χ2n) is 10.5. The molecule has 1 N–H and O–H groups in total. The standard InChI is InChI=1S/C27H36N6O4/c1-2-6-23(26-29-30-31-33(26)20-7-3-4-8-20)32(17-21-9-5-10-35-21)16-19-13-18-14-24-25(37-12-11-36-24)15-22(18)28-27(19)34/h13-15,20-21,23H,2-12,16-17H2,1H3,(H,28,34)/t21-,23+/m0/s1. The van der Waals surface area contributed by atoms with Crippen molar-refractivity contribution in [2.45, 2.75) is 83.0 Å². The third-order valence-corrected chi connectivity index (χ3v) is 7.91. The van der Waals surface area contributed by atoms with E-state index in [0.717, 1.165) is 68.4 Å². The largest absolute Gasteiger partial charge is 0.486 e. The molecule has 0 amide bonds. The first kappa shape index (κ1) is 24.4. The number of hydrogen-bond donors (Lipinski definition) is 1. The number of rotatable bonds is 9. The Morgan fingerprint density at radius 2 is 1.89 bits per heavy atom. The Kier molecular flexibility index (Phi) is 7.10. The Labute approximate surface area is 216 Å². The number of aromatic nitrogens is 5. The van der Waals surface area contributed by atoms with E-state index in [9.17, 15) is 4.79 Å². The average Bonchev–Trinajstić information content (AvgIpc) is 3.69. The molecular weight excluding hydrogens is 472 g/mol. The second kappa shape index (κ2) is 10.8. The van der Waals surface area contributed by atoms with E-state index in [1.54, 1.807) is 0 Å². The second-order valence-corrected chi connectivity index (χ2v) is 10.5. The molecule has 10 heteroatoms. The molecule has 0 radical (unpaired) electrons. The third-order valence-electron chi connectivity index (χ3n) is 7.91. The van der Waals surface area contributed by atoms with Gasteiger partial charge in [-0.25, -0.2) is 4.68 Å². The number of ether oxygens (including phenoxy) is 3. The Hall–Kier alpha value is -2.98. The van der Waals surface area contributed by atoms with Gasteiger partial charge in [0.1, 0.15) is 13.2 Å². The molecule has 2 atom stereocenters. The van der Waals surface area contributed by atoms with E-state index >= 15 is 0 Å². The van der Waals surface area contributed by atoms with Crippen molar-refractivity contribution < 1.29 is 14.2 Å². The van der Waals surface area contributed by atoms with Crippen molar-refractivity contribution in [1.29, 1.82) is 0 Å². The Bertz CT molecular complexity index is 1280. The topological polar surface area (TPSA) is 107 Å². The molecule has 3 aliphatic rings. The van der Waals surface area contributed by atoms with Crippen LogP contribution in [0.3, 0.4) is 0 Å². The maximum Gasteiger partial charge on any atom is 0.252 e. The van der Waals surface area contributed by atoms with Crippen molar-refractivity contribution >= 4 is 10.9 Å². The van der Waals surface area contributed by atoms with Gasteiger partial charge in [0.05, 0.1) is 23.7 Å². The lowest BCUT2D eigenvalue weighted by atomic mass is 10.0. The summed E-state index contributed by atoms with van der Waals surface area (Å²) in [7, 11) is 0. The molecule has 2 fully saturated rings. The zero-order chi connectivity index (χ0) is 25.2. The number of H-pyrrole nitrogens is 1. The van der Waals surface area contributed by atoms with Crippen LogP contribution in [0, 0.1) is 0 Å². The summed E-state index contributed by atoms with van der Waals surface area (Å²) in [5.74, 6) is 2.29. The van der Waals surface area contributed by atoms with Crippen molar-refractivity contribution in [2.75, 3.05) is 26.4 Å². The fraction of sp³-hybridized carbons (Fsp3) is 0.630. The lowest BCUT2D eigenvalue weighted by Gasteiger charge is -2.33. The normalized spacial score (nSPS) is 20.8. The van der Waals surface area contributed by atoms with Gasteiger partial charge in [-0.2, -0.15) is 0 Å². The van der Waals surface area contributed by atoms with Gasteiger partial charge in [-0.05, 0) is 54.7 Å². The molecule has 3 aromatic rings. The van der Waals surface area contributed by atoms with Crippen molar-refractivity contribution in [3.8, 4) is 11.5 Å². The summed E-state index contributed by atoms with van der Waals surface area (Å²) in [6.07, 6.45) is 8.80. The molecule has 198 valence electrons. The summed E-state index contributed by atoms with van der Waals surface area (Å²) in [5.41, 5.74) is 1.37. The highest BCUT2D eigenvalue weighted by Gasteiger charge is 2.32. The van der Waals surface area contributed by atoms with Gasteiger partial charge in [0, 0.05) is 36.7 Å². The van der Waals surface area contributed by atoms with Gasteiger partial charge in [0.2, 0.25) is 0 Å². The molecule has 2 aliphatic heterocycles. The zero-order valence-electron chi connectivity index (χ0n) is 21.5. The monoisotopic (exact) mass is 508 g/mol. The van der Waals surface area contributed by atoms with E-state index in [1.807, 2.05) is 18.2 Å². The van der Waals surface area contributed by atoms with Crippen LogP contribution in [-0.4, -0.2) is 62.6 Å². The van der Waals surface area contributed by atoms with E-state index in [2.05, 4.69) is 37.0 Å². The molecule has 0 bridgehead atoms. The van der Waals surface area contributed by atoms with Gasteiger partial charge in [-0.3, -0.25) is 9.69 Å². The Balaban J connectivity index is 1.35. The van der Waals surface area contributed by atoms with Crippen LogP contribution in [0.2, 0.25) is 0 Å². The first-order valence-electron chi connectivity index (χ1n) is 13.8. The summed E-state index contributed by atoms with van der Waals surface area (Å²) < 4.78 is 19.6. The predicted octanol–water partition coefficient (Wildman–Crippen LogP) is 3.92. The van der Waals surface area contributed by atoms with Gasteiger partial charge in [0.15, 0.2) is 17.3 Å². The van der Waals surface area contributed by atoms with E-state index in [4.69, 9.17) is 14.2 Å². The van der Waals surface area contributed by atoms with E-state index < -0.39 is 0 Å². The number of hydrogen-bond acceptors (Lipinski definition) is 8. The lowest BCUT2D eigenvalue weighted by Crippen LogP contribution is -2.38. The summed E-state index contributed by atoms with van der Waals surface area (Å²) in [5, 5.41) is 14.0. The quantitative estimate of drug-likeness (QED) is 0.463. The van der Waals surface area contributed by atoms with Gasteiger partial charge in [0.25, 0.3) is 5.56 Å². The summed E-state index contributed by atoms with van der Waals surface area (Å²) in [6, 6.07) is 6.15. The molecule has 10 nitrogen and oxygen atoms in total. The zero-order valence-corrected chi connectivity index (χ0v) is 21.5. The van der Waals surface area contributed by atoms with E-state index in [1.165, 1.54) is 12.8 Å². The first-order chi connectivity index (χ1) is 18.2. The number of tetrazole rings is 1.